The molecule has 14 heavy (non-hydrogen) atoms. The van der Waals surface area contributed by atoms with E-state index in [4.69, 9.17) is 9.84 Å². The van der Waals surface area contributed by atoms with Crippen LogP contribution in [0.25, 0.3) is 0 Å². The summed E-state index contributed by atoms with van der Waals surface area (Å²) < 4.78 is 5.02. The Bertz CT molecular complexity index is 423. The zero-order valence-corrected chi connectivity index (χ0v) is 7.65. The van der Waals surface area contributed by atoms with Crippen LogP contribution in [0, 0.1) is 0 Å². The van der Waals surface area contributed by atoms with Crippen LogP contribution in [0.5, 0.6) is 5.75 Å². The zero-order valence-electron chi connectivity index (χ0n) is 7.65. The van der Waals surface area contributed by atoms with Crippen molar-refractivity contribution in [2.24, 2.45) is 4.99 Å². The summed E-state index contributed by atoms with van der Waals surface area (Å²) in [5.74, 6) is -0.265. The molecule has 2 rings (SSSR count). The van der Waals surface area contributed by atoms with Crippen molar-refractivity contribution in [2.75, 3.05) is 7.11 Å². The molecule has 0 radical (unpaired) electrons. The smallest absolute Gasteiger partial charge is 0.350 e. The number of hydrogen-bond acceptors (Lipinski definition) is 3. The van der Waals surface area contributed by atoms with Crippen LogP contribution >= 0.6 is 0 Å². The van der Waals surface area contributed by atoms with E-state index in [0.29, 0.717) is 17.9 Å². The number of carboxylic acids is 1. The molecule has 0 fully saturated rings. The fourth-order valence-corrected chi connectivity index (χ4v) is 1.41. The quantitative estimate of drug-likeness (QED) is 0.768. The fourth-order valence-electron chi connectivity index (χ4n) is 1.41. The summed E-state index contributed by atoms with van der Waals surface area (Å²) in [7, 11) is 1.57. The highest BCUT2D eigenvalue weighted by Gasteiger charge is 2.19. The first-order chi connectivity index (χ1) is 6.70. The van der Waals surface area contributed by atoms with Crippen LogP contribution in [-0.4, -0.2) is 23.9 Å². The SMILES string of the molecule is COc1ccc2c(c1)N=C(C(=O)O)C2. The maximum atomic E-state index is 10.7. The minimum atomic E-state index is -0.958. The van der Waals surface area contributed by atoms with Gasteiger partial charge in [-0.3, -0.25) is 0 Å². The third-order valence-electron chi connectivity index (χ3n) is 2.15. The summed E-state index contributed by atoms with van der Waals surface area (Å²) in [6.45, 7) is 0. The fraction of sp³-hybridized carbons (Fsp3) is 0.200. The number of aliphatic carboxylic acids is 1. The molecular formula is C10H9NO3. The van der Waals surface area contributed by atoms with Gasteiger partial charge in [0.15, 0.2) is 0 Å². The van der Waals surface area contributed by atoms with E-state index in [2.05, 4.69) is 4.99 Å². The monoisotopic (exact) mass is 191 g/mol. The number of methoxy groups -OCH3 is 1. The molecule has 0 amide bonds. The topological polar surface area (TPSA) is 58.9 Å². The van der Waals surface area contributed by atoms with Gasteiger partial charge in [-0.25, -0.2) is 9.79 Å². The van der Waals surface area contributed by atoms with E-state index in [1.165, 1.54) is 0 Å². The van der Waals surface area contributed by atoms with E-state index in [0.717, 1.165) is 5.56 Å². The Hall–Kier alpha value is -1.84. The van der Waals surface area contributed by atoms with Crippen molar-refractivity contribution in [1.29, 1.82) is 0 Å². The molecule has 1 aromatic rings. The Morgan fingerprint density at radius 3 is 3.00 bits per heavy atom. The van der Waals surface area contributed by atoms with Crippen molar-refractivity contribution in [3.63, 3.8) is 0 Å². The van der Waals surface area contributed by atoms with Gasteiger partial charge in [0.2, 0.25) is 0 Å². The first kappa shape index (κ1) is 8.74. The molecule has 0 unspecified atom stereocenters. The number of ether oxygens (including phenoxy) is 1. The summed E-state index contributed by atoms with van der Waals surface area (Å²) in [6.07, 6.45) is 0.397. The largest absolute Gasteiger partial charge is 0.497 e. The second kappa shape index (κ2) is 3.14. The Morgan fingerprint density at radius 1 is 1.57 bits per heavy atom. The number of nitrogens with zero attached hydrogens (tertiary/aromatic N) is 1. The highest BCUT2D eigenvalue weighted by molar-refractivity contribution is 6.37. The molecule has 1 aliphatic rings. The molecule has 1 heterocycles. The molecule has 0 bridgehead atoms. The van der Waals surface area contributed by atoms with Crippen molar-refractivity contribution in [1.82, 2.24) is 0 Å². The van der Waals surface area contributed by atoms with Crippen LogP contribution in [-0.2, 0) is 11.2 Å². The van der Waals surface area contributed by atoms with Gasteiger partial charge in [-0.1, -0.05) is 6.07 Å². The number of benzene rings is 1. The van der Waals surface area contributed by atoms with Crippen LogP contribution in [0.1, 0.15) is 5.56 Å². The lowest BCUT2D eigenvalue weighted by Gasteiger charge is -2.00. The predicted octanol–water partition coefficient (Wildman–Crippen LogP) is 1.41. The predicted molar refractivity (Wildman–Crippen MR) is 51.4 cm³/mol. The van der Waals surface area contributed by atoms with Gasteiger partial charge < -0.3 is 9.84 Å². The van der Waals surface area contributed by atoms with Gasteiger partial charge in [0.1, 0.15) is 11.5 Å². The number of rotatable bonds is 2. The van der Waals surface area contributed by atoms with Crippen LogP contribution in [0.2, 0.25) is 0 Å². The molecule has 0 saturated carbocycles. The van der Waals surface area contributed by atoms with Crippen molar-refractivity contribution < 1.29 is 14.6 Å². The second-order valence-corrected chi connectivity index (χ2v) is 3.04. The lowest BCUT2D eigenvalue weighted by Crippen LogP contribution is -2.11. The number of fused-ring (bicyclic) bond motifs is 1. The van der Waals surface area contributed by atoms with E-state index < -0.39 is 5.97 Å². The van der Waals surface area contributed by atoms with Crippen molar-refractivity contribution in [3.8, 4) is 5.75 Å². The third kappa shape index (κ3) is 1.35. The van der Waals surface area contributed by atoms with Crippen LogP contribution in [0.15, 0.2) is 23.2 Å². The Balaban J connectivity index is 2.39. The van der Waals surface area contributed by atoms with Gasteiger partial charge in [-0.05, 0) is 11.6 Å². The van der Waals surface area contributed by atoms with E-state index in [9.17, 15) is 4.79 Å². The van der Waals surface area contributed by atoms with Gasteiger partial charge in [0.25, 0.3) is 0 Å². The normalized spacial score (nSPS) is 13.4. The first-order valence-corrected chi connectivity index (χ1v) is 4.18. The molecule has 72 valence electrons. The summed E-state index contributed by atoms with van der Waals surface area (Å²) >= 11 is 0. The number of hydrogen-bond donors (Lipinski definition) is 1. The Labute approximate surface area is 80.8 Å². The molecule has 0 atom stereocenters. The molecule has 4 heteroatoms. The minimum Gasteiger partial charge on any atom is -0.497 e. The second-order valence-electron chi connectivity index (χ2n) is 3.04. The van der Waals surface area contributed by atoms with Crippen LogP contribution in [0.3, 0.4) is 0 Å². The standard InChI is InChI=1S/C10H9NO3/c1-14-7-3-2-6-4-9(10(12)13)11-8(6)5-7/h2-3,5H,4H2,1H3,(H,12,13). The number of carboxylic acid groups (broad SMARTS) is 1. The van der Waals surface area contributed by atoms with Gasteiger partial charge in [-0.2, -0.15) is 0 Å². The lowest BCUT2D eigenvalue weighted by atomic mass is 10.1. The van der Waals surface area contributed by atoms with Gasteiger partial charge in [0, 0.05) is 12.5 Å². The molecule has 0 aliphatic carbocycles. The lowest BCUT2D eigenvalue weighted by molar-refractivity contribution is -0.129. The Morgan fingerprint density at radius 2 is 2.36 bits per heavy atom. The highest BCUT2D eigenvalue weighted by Crippen LogP contribution is 2.30. The van der Waals surface area contributed by atoms with Crippen molar-refractivity contribution >= 4 is 17.4 Å². The van der Waals surface area contributed by atoms with E-state index in [1.54, 1.807) is 19.2 Å². The van der Waals surface area contributed by atoms with Crippen molar-refractivity contribution in [3.05, 3.63) is 23.8 Å². The van der Waals surface area contributed by atoms with E-state index in [1.807, 2.05) is 6.07 Å². The molecule has 1 aliphatic heterocycles. The molecule has 1 aromatic carbocycles. The average Bonchev–Trinajstić information content (AvgIpc) is 2.59. The molecule has 1 N–H and O–H groups in total. The summed E-state index contributed by atoms with van der Waals surface area (Å²) in [4.78, 5) is 14.7. The summed E-state index contributed by atoms with van der Waals surface area (Å²) in [5, 5.41) is 8.75. The average molecular weight is 191 g/mol. The summed E-state index contributed by atoms with van der Waals surface area (Å²) in [5.41, 5.74) is 1.82. The highest BCUT2D eigenvalue weighted by atomic mass is 16.5. The molecule has 0 aromatic heterocycles. The maximum absolute atomic E-state index is 10.7. The molecule has 0 spiro atoms. The van der Waals surface area contributed by atoms with Crippen LogP contribution in [0.4, 0.5) is 5.69 Å². The maximum Gasteiger partial charge on any atom is 0.350 e. The molecular weight excluding hydrogens is 182 g/mol. The summed E-state index contributed by atoms with van der Waals surface area (Å²) in [6, 6.07) is 5.39. The first-order valence-electron chi connectivity index (χ1n) is 4.18. The third-order valence-corrected chi connectivity index (χ3v) is 2.15. The van der Waals surface area contributed by atoms with Gasteiger partial charge in [-0.15, -0.1) is 0 Å². The number of aliphatic imine (C=N–C) groups is 1. The molecule has 0 saturated heterocycles. The van der Waals surface area contributed by atoms with Crippen LogP contribution < -0.4 is 4.74 Å². The van der Waals surface area contributed by atoms with E-state index in [-0.39, 0.29) is 5.71 Å². The minimum absolute atomic E-state index is 0.188. The Kier molecular flexibility index (Phi) is 1.96. The van der Waals surface area contributed by atoms with E-state index >= 15 is 0 Å². The van der Waals surface area contributed by atoms with Gasteiger partial charge in [0.05, 0.1) is 12.8 Å². The van der Waals surface area contributed by atoms with Gasteiger partial charge >= 0.3 is 5.97 Å². The number of carbonyl (C=O) groups is 1. The van der Waals surface area contributed by atoms with Crippen molar-refractivity contribution in [2.45, 2.75) is 6.42 Å². The molecule has 4 nitrogen and oxygen atoms in total. The zero-order chi connectivity index (χ0) is 10.1.